The first-order chi connectivity index (χ1) is 17.0. The number of nitriles is 1. The van der Waals surface area contributed by atoms with Crippen LogP contribution in [0.15, 0.2) is 36.5 Å². The van der Waals surface area contributed by atoms with Crippen LogP contribution in [0.5, 0.6) is 0 Å². The molecule has 11 heteroatoms. The van der Waals surface area contributed by atoms with Gasteiger partial charge in [0.2, 0.25) is 0 Å². The summed E-state index contributed by atoms with van der Waals surface area (Å²) in [6, 6.07) is 9.07. The number of hydrogen-bond donors (Lipinski definition) is 0. The predicted molar refractivity (Wildman–Crippen MR) is 130 cm³/mol. The Bertz CT molecular complexity index is 1440. The number of nitrogens with zero attached hydrogens (tertiary/aromatic N) is 4. The fourth-order valence-corrected chi connectivity index (χ4v) is 6.21. The summed E-state index contributed by atoms with van der Waals surface area (Å²) in [5, 5.41) is 13.4. The van der Waals surface area contributed by atoms with Crippen molar-refractivity contribution >= 4 is 34.0 Å². The van der Waals surface area contributed by atoms with Gasteiger partial charge in [-0.25, -0.2) is 18.4 Å². The first kappa shape index (κ1) is 25.8. The van der Waals surface area contributed by atoms with Crippen LogP contribution in [-0.2, 0) is 17.2 Å². The Labute approximate surface area is 213 Å². The number of pyridine rings is 1. The molecule has 0 amide bonds. The van der Waals surface area contributed by atoms with Gasteiger partial charge in [-0.15, -0.1) is 0 Å². The smallest absolute Gasteiger partial charge is 0.282 e. The molecule has 2 aromatic heterocycles. The molecule has 0 saturated carbocycles. The van der Waals surface area contributed by atoms with E-state index in [1.54, 1.807) is 19.1 Å². The number of carbonyl (C=O) groups excluding carboxylic acids is 2. The van der Waals surface area contributed by atoms with E-state index in [2.05, 4.69) is 10.1 Å². The molecular weight excluding hydrogens is 510 g/mol. The lowest BCUT2D eigenvalue weighted by atomic mass is 9.83. The van der Waals surface area contributed by atoms with E-state index in [1.807, 2.05) is 13.0 Å². The first-order valence-corrected chi connectivity index (χ1v) is 12.8. The normalized spacial score (nSPS) is 19.1. The molecular formula is C25H21ClF2N4O3S. The molecule has 1 saturated heterocycles. The van der Waals surface area contributed by atoms with Gasteiger partial charge in [-0.05, 0) is 53.8 Å². The number of Topliss-reactive ketones (excluding diaryl/α,β-unsaturated/α-hetero) is 2. The average Bonchev–Trinajstić information content (AvgIpc) is 3.25. The second-order valence-electron chi connectivity index (χ2n) is 9.15. The second-order valence-corrected chi connectivity index (χ2v) is 11.0. The third-order valence-corrected chi connectivity index (χ3v) is 8.36. The third kappa shape index (κ3) is 5.13. The summed E-state index contributed by atoms with van der Waals surface area (Å²) in [6.45, 7) is 3.55. The summed E-state index contributed by atoms with van der Waals surface area (Å²) in [5.41, 5.74) is 0.235. The van der Waals surface area contributed by atoms with Crippen LogP contribution in [0, 0.1) is 23.7 Å². The van der Waals surface area contributed by atoms with Gasteiger partial charge in [-0.2, -0.15) is 10.4 Å². The highest BCUT2D eigenvalue weighted by Crippen LogP contribution is 2.35. The maximum Gasteiger partial charge on any atom is 0.282 e. The standard InChI is InChI=1S/C25H21ClF2N4O3S/c1-14-6-15(11-29)7-17(22(34)10-25(2)12-36(35)13-25)16(14)8-21(33)20-9-19(23(27)28)31-32(20)24-18(26)4-3-5-30-24/h3-7,9,23H,8,10,12-13H2,1-2H3. The van der Waals surface area contributed by atoms with Gasteiger partial charge in [-0.1, -0.05) is 18.5 Å². The van der Waals surface area contributed by atoms with E-state index >= 15 is 0 Å². The summed E-state index contributed by atoms with van der Waals surface area (Å²) < 4.78 is 39.5. The molecule has 1 aromatic carbocycles. The summed E-state index contributed by atoms with van der Waals surface area (Å²) in [5.74, 6) is -0.0109. The summed E-state index contributed by atoms with van der Waals surface area (Å²) in [7, 11) is -0.955. The number of halogens is 3. The van der Waals surface area contributed by atoms with Crippen molar-refractivity contribution in [1.29, 1.82) is 5.26 Å². The van der Waals surface area contributed by atoms with Crippen LogP contribution in [0.3, 0.4) is 0 Å². The van der Waals surface area contributed by atoms with Gasteiger partial charge in [0.25, 0.3) is 6.43 Å². The fourth-order valence-electron chi connectivity index (χ4n) is 4.34. The van der Waals surface area contributed by atoms with Gasteiger partial charge >= 0.3 is 0 Å². The zero-order valence-corrected chi connectivity index (χ0v) is 21.0. The molecule has 0 aliphatic carbocycles. The number of aromatic nitrogens is 3. The van der Waals surface area contributed by atoms with E-state index < -0.39 is 34.1 Å². The van der Waals surface area contributed by atoms with Crippen molar-refractivity contribution in [1.82, 2.24) is 14.8 Å². The molecule has 3 aromatic rings. The molecule has 1 fully saturated rings. The van der Waals surface area contributed by atoms with Crippen molar-refractivity contribution in [3.8, 4) is 11.9 Å². The highest BCUT2D eigenvalue weighted by atomic mass is 35.5. The number of ketones is 2. The summed E-state index contributed by atoms with van der Waals surface area (Å²) in [4.78, 5) is 30.8. The highest BCUT2D eigenvalue weighted by Gasteiger charge is 2.40. The van der Waals surface area contributed by atoms with E-state index in [0.717, 1.165) is 10.7 Å². The van der Waals surface area contributed by atoms with Crippen molar-refractivity contribution in [3.63, 3.8) is 0 Å². The fraction of sp³-hybridized carbons (Fsp3) is 0.320. The number of aryl methyl sites for hydroxylation is 1. The molecule has 0 radical (unpaired) electrons. The Morgan fingerprint density at radius 3 is 2.61 bits per heavy atom. The minimum absolute atomic E-state index is 0.0215. The highest BCUT2D eigenvalue weighted by molar-refractivity contribution is 7.86. The van der Waals surface area contributed by atoms with Crippen LogP contribution < -0.4 is 0 Å². The number of hydrogen-bond acceptors (Lipinski definition) is 6. The van der Waals surface area contributed by atoms with E-state index in [0.29, 0.717) is 22.6 Å². The Hall–Kier alpha value is -3.29. The van der Waals surface area contributed by atoms with Crippen molar-refractivity contribution in [3.05, 3.63) is 75.2 Å². The Balaban J connectivity index is 1.74. The van der Waals surface area contributed by atoms with Gasteiger partial charge in [0.05, 0.1) is 16.7 Å². The molecule has 0 atom stereocenters. The van der Waals surface area contributed by atoms with Crippen molar-refractivity contribution in [2.24, 2.45) is 5.41 Å². The molecule has 0 bridgehead atoms. The maximum atomic E-state index is 13.5. The summed E-state index contributed by atoms with van der Waals surface area (Å²) >= 11 is 6.18. The minimum Gasteiger partial charge on any atom is -0.294 e. The van der Waals surface area contributed by atoms with E-state index in [1.165, 1.54) is 18.3 Å². The van der Waals surface area contributed by atoms with Crippen LogP contribution in [0.1, 0.15) is 63.0 Å². The van der Waals surface area contributed by atoms with Crippen LogP contribution in [0.25, 0.3) is 5.82 Å². The van der Waals surface area contributed by atoms with Crippen LogP contribution in [0.4, 0.5) is 8.78 Å². The van der Waals surface area contributed by atoms with E-state index in [9.17, 15) is 27.8 Å². The van der Waals surface area contributed by atoms with Gasteiger partial charge in [-0.3, -0.25) is 13.8 Å². The largest absolute Gasteiger partial charge is 0.294 e. The zero-order valence-electron chi connectivity index (χ0n) is 19.4. The molecule has 0 spiro atoms. The molecule has 36 heavy (non-hydrogen) atoms. The van der Waals surface area contributed by atoms with Crippen LogP contribution in [-0.4, -0.2) is 42.0 Å². The van der Waals surface area contributed by atoms with Gasteiger partial charge in [0, 0.05) is 46.9 Å². The minimum atomic E-state index is -2.93. The zero-order chi connectivity index (χ0) is 26.2. The monoisotopic (exact) mass is 530 g/mol. The van der Waals surface area contributed by atoms with Crippen molar-refractivity contribution < 1.29 is 22.6 Å². The first-order valence-electron chi connectivity index (χ1n) is 11.0. The number of rotatable bonds is 8. The van der Waals surface area contributed by atoms with Gasteiger partial charge in [0.15, 0.2) is 17.4 Å². The average molecular weight is 531 g/mol. The lowest BCUT2D eigenvalue weighted by Crippen LogP contribution is -2.43. The molecule has 186 valence electrons. The quantitative estimate of drug-likeness (QED) is 0.387. The van der Waals surface area contributed by atoms with E-state index in [4.69, 9.17) is 11.6 Å². The summed E-state index contributed by atoms with van der Waals surface area (Å²) in [6.07, 6.45) is -1.71. The molecule has 7 nitrogen and oxygen atoms in total. The lowest BCUT2D eigenvalue weighted by Gasteiger charge is -2.36. The molecule has 3 heterocycles. The second kappa shape index (κ2) is 9.99. The molecule has 1 aliphatic heterocycles. The van der Waals surface area contributed by atoms with Crippen molar-refractivity contribution in [2.75, 3.05) is 11.5 Å². The van der Waals surface area contributed by atoms with Gasteiger partial charge in [0.1, 0.15) is 11.4 Å². The SMILES string of the molecule is Cc1cc(C#N)cc(C(=O)CC2(C)CS(=O)C2)c1CC(=O)c1cc(C(F)F)nn1-c1ncccc1Cl. The molecule has 1 aliphatic rings. The Kier molecular flexibility index (Phi) is 7.16. The van der Waals surface area contributed by atoms with Crippen LogP contribution >= 0.6 is 11.6 Å². The lowest BCUT2D eigenvalue weighted by molar-refractivity contribution is 0.0936. The van der Waals surface area contributed by atoms with Crippen molar-refractivity contribution in [2.45, 2.75) is 33.1 Å². The van der Waals surface area contributed by atoms with Crippen LogP contribution in [0.2, 0.25) is 5.02 Å². The molecule has 4 rings (SSSR count). The predicted octanol–water partition coefficient (Wildman–Crippen LogP) is 4.81. The Morgan fingerprint density at radius 1 is 1.28 bits per heavy atom. The van der Waals surface area contributed by atoms with E-state index in [-0.39, 0.29) is 46.3 Å². The number of alkyl halides is 2. The molecule has 0 unspecified atom stereocenters. The molecule has 0 N–H and O–H groups in total. The maximum absolute atomic E-state index is 13.5. The Morgan fingerprint density at radius 2 is 2.00 bits per heavy atom. The number of carbonyl (C=O) groups is 2. The third-order valence-electron chi connectivity index (χ3n) is 6.02. The topological polar surface area (TPSA) is 106 Å². The number of benzene rings is 1. The van der Waals surface area contributed by atoms with Gasteiger partial charge < -0.3 is 0 Å².